The first-order valence-corrected chi connectivity index (χ1v) is 22.8. The number of benzene rings is 3. The lowest BCUT2D eigenvalue weighted by atomic mass is 10.1. The SMILES string of the molecule is CCCSc1nc(NCc2ccccc2)c2ncn([C@@H]3O[C@H](COP(=O)([O-])OP(=O)([O-])OP(=O)([O-])Nc4ccccc4)[C@@H]4OC(Cc5ccccc5)OC43)c2n1. The lowest BCUT2D eigenvalue weighted by Gasteiger charge is -2.35. The molecule has 0 saturated carbocycles. The summed E-state index contributed by atoms with van der Waals surface area (Å²) in [5, 5.41) is 5.72. The number of anilines is 2. The molecule has 5 unspecified atom stereocenters. The number of nitrogens with one attached hydrogen (secondary N) is 2. The van der Waals surface area contributed by atoms with Crippen molar-refractivity contribution in [1.29, 1.82) is 0 Å². The maximum absolute atomic E-state index is 12.8. The van der Waals surface area contributed by atoms with E-state index < -0.39 is 60.8 Å². The van der Waals surface area contributed by atoms with Gasteiger partial charge in [-0.1, -0.05) is 97.5 Å². The monoisotopic (exact) mass is 845 g/mol. The van der Waals surface area contributed by atoms with Crippen LogP contribution in [0.25, 0.3) is 11.2 Å². The summed E-state index contributed by atoms with van der Waals surface area (Å²) in [5.41, 5.74) is 2.76. The van der Waals surface area contributed by atoms with Crippen molar-refractivity contribution in [2.45, 2.75) is 62.3 Å². The van der Waals surface area contributed by atoms with E-state index in [1.165, 1.54) is 42.4 Å². The molecule has 2 fully saturated rings. The number of hydrogen-bond donors (Lipinski definition) is 2. The predicted molar refractivity (Wildman–Crippen MR) is 199 cm³/mol. The zero-order valence-corrected chi connectivity index (χ0v) is 33.1. The van der Waals surface area contributed by atoms with E-state index in [2.05, 4.69) is 18.9 Å². The van der Waals surface area contributed by atoms with Gasteiger partial charge in [0.25, 0.3) is 15.6 Å². The molecular formula is C34H36N6O12P3S-3. The van der Waals surface area contributed by atoms with Crippen LogP contribution in [-0.4, -0.2) is 56.5 Å². The van der Waals surface area contributed by atoms with Crippen molar-refractivity contribution in [1.82, 2.24) is 19.5 Å². The van der Waals surface area contributed by atoms with Crippen molar-refractivity contribution < 1.29 is 55.7 Å². The first-order chi connectivity index (χ1) is 26.9. The zero-order chi connectivity index (χ0) is 39.3. The number of hydrogen-bond acceptors (Lipinski definition) is 17. The Morgan fingerprint density at radius 2 is 1.48 bits per heavy atom. The summed E-state index contributed by atoms with van der Waals surface area (Å²) >= 11 is 1.47. The van der Waals surface area contributed by atoms with Gasteiger partial charge in [0.15, 0.2) is 34.7 Å². The quantitative estimate of drug-likeness (QED) is 0.0686. The van der Waals surface area contributed by atoms with Gasteiger partial charge in [0.05, 0.1) is 12.9 Å². The number of thioether (sulfide) groups is 1. The number of rotatable bonds is 18. The Morgan fingerprint density at radius 3 is 2.18 bits per heavy atom. The summed E-state index contributed by atoms with van der Waals surface area (Å²) in [4.78, 5) is 51.7. The molecule has 2 aliphatic rings. The second-order valence-electron chi connectivity index (χ2n) is 12.6. The van der Waals surface area contributed by atoms with Crippen LogP contribution in [0.15, 0.2) is 102 Å². The Kier molecular flexibility index (Phi) is 12.7. The van der Waals surface area contributed by atoms with E-state index in [9.17, 15) is 28.4 Å². The van der Waals surface area contributed by atoms with Crippen LogP contribution in [0.1, 0.15) is 30.7 Å². The molecule has 8 atom stereocenters. The molecule has 0 spiro atoms. The molecular weight excluding hydrogens is 809 g/mol. The van der Waals surface area contributed by atoms with Gasteiger partial charge >= 0.3 is 0 Å². The Bertz CT molecular complexity index is 2250. The first-order valence-electron chi connectivity index (χ1n) is 17.4. The topological polar surface area (TPSA) is 243 Å². The molecule has 0 amide bonds. The van der Waals surface area contributed by atoms with Crippen LogP contribution in [0.2, 0.25) is 0 Å². The van der Waals surface area contributed by atoms with E-state index in [0.29, 0.717) is 35.1 Å². The largest absolute Gasteiger partial charge is 0.761 e. The Hall–Kier alpha value is -3.51. The number of para-hydroxylation sites is 1. The number of fused-ring (bicyclic) bond motifs is 2. The maximum Gasteiger partial charge on any atom is 0.280 e. The van der Waals surface area contributed by atoms with E-state index >= 15 is 0 Å². The van der Waals surface area contributed by atoms with Crippen molar-refractivity contribution in [3.05, 3.63) is 108 Å². The first kappa shape index (κ1) is 40.7. The average molecular weight is 846 g/mol. The molecule has 18 nitrogen and oxygen atoms in total. The van der Waals surface area contributed by atoms with Gasteiger partial charge in [0.2, 0.25) is 7.75 Å². The molecule has 2 saturated heterocycles. The Labute approximate surface area is 325 Å². The molecule has 2 N–H and O–H groups in total. The van der Waals surface area contributed by atoms with Crippen molar-refractivity contribution in [2.24, 2.45) is 0 Å². The van der Waals surface area contributed by atoms with Crippen LogP contribution in [0.5, 0.6) is 0 Å². The Morgan fingerprint density at radius 1 is 0.821 bits per heavy atom. The van der Waals surface area contributed by atoms with Gasteiger partial charge < -0.3 is 43.8 Å². The van der Waals surface area contributed by atoms with Crippen molar-refractivity contribution in [2.75, 3.05) is 22.8 Å². The lowest BCUT2D eigenvalue weighted by Crippen LogP contribution is -2.32. The molecule has 4 heterocycles. The molecule has 5 aromatic rings. The van der Waals surface area contributed by atoms with Gasteiger partial charge in [0.1, 0.15) is 18.3 Å². The van der Waals surface area contributed by atoms with Gasteiger partial charge in [-0.15, -0.1) is 0 Å². The van der Waals surface area contributed by atoms with E-state index in [1.807, 2.05) is 72.7 Å². The number of ether oxygens (including phenoxy) is 3. The van der Waals surface area contributed by atoms with Crippen LogP contribution in [-0.2, 0) is 54.0 Å². The van der Waals surface area contributed by atoms with Gasteiger partial charge in [-0.2, -0.15) is 0 Å². The van der Waals surface area contributed by atoms with Crippen LogP contribution in [0.3, 0.4) is 0 Å². The summed E-state index contributed by atoms with van der Waals surface area (Å²) in [6.07, 6.45) is -1.95. The van der Waals surface area contributed by atoms with E-state index in [1.54, 1.807) is 10.6 Å². The fourth-order valence-corrected chi connectivity index (χ4v) is 10.3. The van der Waals surface area contributed by atoms with Crippen LogP contribution < -0.4 is 25.1 Å². The minimum Gasteiger partial charge on any atom is -0.761 e. The second kappa shape index (κ2) is 17.5. The maximum atomic E-state index is 12.8. The smallest absolute Gasteiger partial charge is 0.280 e. The molecule has 56 heavy (non-hydrogen) atoms. The molecule has 7 rings (SSSR count). The standard InChI is InChI=1S/C34H39N6O12P3S/c1-2-18-56-34-37-31(35-20-24-14-8-4-9-15-24)28-32(38-34)40(22-36-28)33-30-29(49-27(50-30)19-23-12-6-3-7-13-23)26(48-33)21-47-54(43,44)52-55(45,46)51-53(41,42)39-25-16-10-5-11-17-25/h3-17,22,26-27,29-30,33H,2,18-21H2,1H3,(H,43,44)(H,45,46)(H,35,37,38)(H2,39,41,42)/p-3/t26-,27?,29+,30?,33-/m1/s1. The number of phosphoric ester groups is 1. The molecule has 0 radical (unpaired) electrons. The summed E-state index contributed by atoms with van der Waals surface area (Å²) in [6.45, 7) is 1.71. The molecule has 2 aromatic heterocycles. The normalized spacial score (nSPS) is 23.9. The molecule has 22 heteroatoms. The van der Waals surface area contributed by atoms with E-state index in [4.69, 9.17) is 28.7 Å². The van der Waals surface area contributed by atoms with Gasteiger partial charge in [0, 0.05) is 24.4 Å². The highest BCUT2D eigenvalue weighted by Crippen LogP contribution is 2.62. The minimum atomic E-state index is -6.05. The van der Waals surface area contributed by atoms with Crippen LogP contribution in [0, 0.1) is 0 Å². The third-order valence-corrected chi connectivity index (χ3v) is 13.7. The summed E-state index contributed by atoms with van der Waals surface area (Å²) in [7, 11) is -17.2. The summed E-state index contributed by atoms with van der Waals surface area (Å²) in [5.74, 6) is 1.25. The van der Waals surface area contributed by atoms with Crippen molar-refractivity contribution in [3.8, 4) is 0 Å². The minimum absolute atomic E-state index is 0.0352. The van der Waals surface area contributed by atoms with Gasteiger partial charge in [-0.3, -0.25) is 22.6 Å². The van der Waals surface area contributed by atoms with Crippen LogP contribution in [0.4, 0.5) is 11.5 Å². The lowest BCUT2D eigenvalue weighted by molar-refractivity contribution is -0.246. The van der Waals surface area contributed by atoms with E-state index in [-0.39, 0.29) is 5.69 Å². The van der Waals surface area contributed by atoms with Gasteiger partial charge in [-0.25, -0.2) is 19.3 Å². The number of nitrogens with zero attached hydrogens (tertiary/aromatic N) is 4. The predicted octanol–water partition coefficient (Wildman–Crippen LogP) is 4.76. The second-order valence-corrected chi connectivity index (χ2v) is 18.2. The van der Waals surface area contributed by atoms with E-state index in [0.717, 1.165) is 23.3 Å². The van der Waals surface area contributed by atoms with Crippen molar-refractivity contribution in [3.63, 3.8) is 0 Å². The number of aromatic nitrogens is 4. The zero-order valence-electron chi connectivity index (χ0n) is 29.6. The highest BCUT2D eigenvalue weighted by Gasteiger charge is 2.54. The third-order valence-electron chi connectivity index (χ3n) is 8.41. The van der Waals surface area contributed by atoms with Crippen molar-refractivity contribution >= 4 is 57.8 Å². The number of imidazole rings is 1. The highest BCUT2D eigenvalue weighted by atomic mass is 32.2. The fraction of sp³-hybridized carbons (Fsp3) is 0.324. The summed E-state index contributed by atoms with van der Waals surface area (Å²) < 4.78 is 71.3. The third kappa shape index (κ3) is 10.3. The fourth-order valence-electron chi connectivity index (χ4n) is 6.05. The highest BCUT2D eigenvalue weighted by molar-refractivity contribution is 7.99. The van der Waals surface area contributed by atoms with Crippen LogP contribution >= 0.6 is 35.2 Å². The molecule has 0 aliphatic carbocycles. The molecule has 298 valence electrons. The van der Waals surface area contributed by atoms with Gasteiger partial charge in [-0.05, 0) is 29.7 Å². The molecule has 0 bridgehead atoms. The Balaban J connectivity index is 1.11. The molecule has 3 aromatic carbocycles. The molecule has 2 aliphatic heterocycles. The summed E-state index contributed by atoms with van der Waals surface area (Å²) in [6, 6.07) is 26.4. The average Bonchev–Trinajstić information content (AvgIpc) is 3.86. The number of phosphoric acid groups is 2.